The van der Waals surface area contributed by atoms with E-state index < -0.39 is 0 Å². The van der Waals surface area contributed by atoms with E-state index in [2.05, 4.69) is 4.90 Å². The minimum Gasteiger partial charge on any atom is -0.339 e. The summed E-state index contributed by atoms with van der Waals surface area (Å²) < 4.78 is 0. The largest absolute Gasteiger partial charge is 0.339 e. The molecule has 100 valence electrons. The molecule has 1 N–H and O–H groups in total. The van der Waals surface area contributed by atoms with Crippen molar-refractivity contribution in [2.75, 3.05) is 19.6 Å². The predicted octanol–water partition coefficient (Wildman–Crippen LogP) is 0.455. The number of nitrogens with one attached hydrogen (secondary N) is 1. The lowest BCUT2D eigenvalue weighted by molar-refractivity contribution is -0.945. The molecule has 1 unspecified atom stereocenters. The molecule has 18 heavy (non-hydrogen) atoms. The second-order valence-electron chi connectivity index (χ2n) is 6.98. The molecule has 4 heterocycles. The van der Waals surface area contributed by atoms with E-state index in [9.17, 15) is 4.79 Å². The van der Waals surface area contributed by atoms with Crippen LogP contribution in [0.2, 0.25) is 0 Å². The molecule has 4 fully saturated rings. The van der Waals surface area contributed by atoms with Gasteiger partial charge in [0.15, 0.2) is 0 Å². The first-order valence-electron chi connectivity index (χ1n) is 7.97. The zero-order valence-corrected chi connectivity index (χ0v) is 11.2. The maximum atomic E-state index is 12.1. The van der Waals surface area contributed by atoms with Gasteiger partial charge in [0, 0.05) is 30.8 Å². The lowest BCUT2D eigenvalue weighted by Gasteiger charge is -2.54. The number of amides is 1. The summed E-state index contributed by atoms with van der Waals surface area (Å²) in [7, 11) is 0. The molecule has 5 atom stereocenters. The van der Waals surface area contributed by atoms with Gasteiger partial charge in [-0.05, 0) is 38.5 Å². The second-order valence-corrected chi connectivity index (χ2v) is 6.98. The number of hydrogen-bond acceptors (Lipinski definition) is 1. The summed E-state index contributed by atoms with van der Waals surface area (Å²) in [6.45, 7) is 3.85. The topological polar surface area (TPSA) is 24.8 Å². The Hall–Kier alpha value is -0.570. The Balaban J connectivity index is 1.59. The molecule has 0 radical (unpaired) electrons. The van der Waals surface area contributed by atoms with E-state index in [4.69, 9.17) is 0 Å². The van der Waals surface area contributed by atoms with Crippen LogP contribution in [0.5, 0.6) is 0 Å². The van der Waals surface area contributed by atoms with Crippen LogP contribution in [0.3, 0.4) is 0 Å². The lowest BCUT2D eigenvalue weighted by Crippen LogP contribution is -3.19. The highest BCUT2D eigenvalue weighted by Crippen LogP contribution is 2.37. The first-order chi connectivity index (χ1) is 8.83. The number of rotatable bonds is 0. The van der Waals surface area contributed by atoms with Gasteiger partial charge in [-0.3, -0.25) is 4.79 Å². The summed E-state index contributed by atoms with van der Waals surface area (Å²) in [6, 6.07) is 1.49. The highest BCUT2D eigenvalue weighted by atomic mass is 16.2. The third-order valence-corrected chi connectivity index (χ3v) is 6.07. The first-order valence-corrected chi connectivity index (χ1v) is 7.97. The SMILES string of the molecule is O=C1CCC[C@H]2[C@@H]3C[C@H](CN12)[C@H]1CCCC[NH+]1C3. The Kier molecular flexibility index (Phi) is 2.65. The number of piperidine rings is 4. The van der Waals surface area contributed by atoms with E-state index in [1.54, 1.807) is 0 Å². The second kappa shape index (κ2) is 4.22. The highest BCUT2D eigenvalue weighted by Gasteiger charge is 2.50. The van der Waals surface area contributed by atoms with Crippen LogP contribution in [-0.4, -0.2) is 42.5 Å². The van der Waals surface area contributed by atoms with Crippen molar-refractivity contribution in [3.8, 4) is 0 Å². The van der Waals surface area contributed by atoms with E-state index in [1.807, 2.05) is 4.90 Å². The average Bonchev–Trinajstić information content (AvgIpc) is 2.40. The maximum Gasteiger partial charge on any atom is 0.222 e. The number of carbonyl (C=O) groups is 1. The van der Waals surface area contributed by atoms with Gasteiger partial charge in [-0.25, -0.2) is 0 Å². The van der Waals surface area contributed by atoms with Crippen molar-refractivity contribution in [2.24, 2.45) is 11.8 Å². The number of quaternary nitrogens is 1. The van der Waals surface area contributed by atoms with Crippen molar-refractivity contribution in [1.29, 1.82) is 0 Å². The smallest absolute Gasteiger partial charge is 0.222 e. The third kappa shape index (κ3) is 1.63. The van der Waals surface area contributed by atoms with Gasteiger partial charge in [0.05, 0.1) is 19.1 Å². The Morgan fingerprint density at radius 2 is 2.06 bits per heavy atom. The Morgan fingerprint density at radius 1 is 1.11 bits per heavy atom. The van der Waals surface area contributed by atoms with Gasteiger partial charge in [0.1, 0.15) is 0 Å². The van der Waals surface area contributed by atoms with Gasteiger partial charge in [-0.1, -0.05) is 0 Å². The Labute approximate surface area is 110 Å². The minimum atomic E-state index is 0.459. The van der Waals surface area contributed by atoms with Gasteiger partial charge >= 0.3 is 0 Å². The normalized spacial score (nSPS) is 47.4. The Morgan fingerprint density at radius 3 is 3.00 bits per heavy atom. The zero-order chi connectivity index (χ0) is 12.1. The Bertz CT molecular complexity index is 356. The van der Waals surface area contributed by atoms with Crippen molar-refractivity contribution >= 4 is 5.91 Å². The van der Waals surface area contributed by atoms with Crippen LogP contribution in [-0.2, 0) is 4.79 Å². The molecule has 3 heteroatoms. The van der Waals surface area contributed by atoms with E-state index in [0.717, 1.165) is 37.3 Å². The fourth-order valence-electron chi connectivity index (χ4n) is 5.32. The van der Waals surface area contributed by atoms with Gasteiger partial charge in [0.25, 0.3) is 0 Å². The van der Waals surface area contributed by atoms with E-state index in [0.29, 0.717) is 11.9 Å². The number of hydrogen-bond donors (Lipinski definition) is 1. The first kappa shape index (κ1) is 11.3. The molecular formula is C15H25N2O+. The molecule has 4 saturated heterocycles. The molecule has 0 aromatic rings. The van der Waals surface area contributed by atoms with Crippen LogP contribution in [0, 0.1) is 11.8 Å². The number of nitrogens with zero attached hydrogens (tertiary/aromatic N) is 1. The molecule has 0 aliphatic carbocycles. The molecule has 0 spiro atoms. The molecule has 0 aromatic carbocycles. The van der Waals surface area contributed by atoms with Crippen molar-refractivity contribution in [3.05, 3.63) is 0 Å². The van der Waals surface area contributed by atoms with Gasteiger partial charge in [0.2, 0.25) is 5.91 Å². The number of fused-ring (bicyclic) bond motifs is 6. The van der Waals surface area contributed by atoms with Crippen LogP contribution in [0.1, 0.15) is 44.9 Å². The van der Waals surface area contributed by atoms with Crippen LogP contribution in [0.4, 0.5) is 0 Å². The quantitative estimate of drug-likeness (QED) is 0.662. The standard InChI is InChI=1S/C15H24N2O/c18-15-6-3-5-14-11-8-12(10-17(14)15)13-4-1-2-7-16(13)9-11/h11-14H,1-10H2/p+1/t11-,12-,13-,14+/m1/s1. The summed E-state index contributed by atoms with van der Waals surface area (Å²) in [4.78, 5) is 16.3. The molecule has 4 aliphatic heterocycles. The molecule has 0 saturated carbocycles. The summed E-state index contributed by atoms with van der Waals surface area (Å²) in [5.41, 5.74) is 0. The van der Waals surface area contributed by atoms with Crippen molar-refractivity contribution < 1.29 is 9.69 Å². The molecule has 0 aromatic heterocycles. The van der Waals surface area contributed by atoms with Crippen molar-refractivity contribution in [1.82, 2.24) is 4.90 Å². The lowest BCUT2D eigenvalue weighted by atomic mass is 9.71. The molecule has 4 rings (SSSR count). The summed E-state index contributed by atoms with van der Waals surface area (Å²) in [6.07, 6.45) is 8.92. The van der Waals surface area contributed by atoms with E-state index in [1.165, 1.54) is 45.2 Å². The third-order valence-electron chi connectivity index (χ3n) is 6.07. The van der Waals surface area contributed by atoms with Crippen LogP contribution >= 0.6 is 0 Å². The van der Waals surface area contributed by atoms with Crippen LogP contribution in [0.15, 0.2) is 0 Å². The molecule has 1 amide bonds. The molecule has 3 nitrogen and oxygen atoms in total. The maximum absolute atomic E-state index is 12.1. The van der Waals surface area contributed by atoms with Gasteiger partial charge in [-0.15, -0.1) is 0 Å². The summed E-state index contributed by atoms with van der Waals surface area (Å²) in [5.74, 6) is 2.09. The molecule has 2 bridgehead atoms. The fraction of sp³-hybridized carbons (Fsp3) is 0.933. The number of carbonyl (C=O) groups excluding carboxylic acids is 1. The van der Waals surface area contributed by atoms with Crippen molar-refractivity contribution in [2.45, 2.75) is 57.0 Å². The molecular weight excluding hydrogens is 224 g/mol. The van der Waals surface area contributed by atoms with E-state index in [-0.39, 0.29) is 0 Å². The zero-order valence-electron chi connectivity index (χ0n) is 11.2. The van der Waals surface area contributed by atoms with Crippen LogP contribution in [0.25, 0.3) is 0 Å². The predicted molar refractivity (Wildman–Crippen MR) is 69.3 cm³/mol. The fourth-order valence-corrected chi connectivity index (χ4v) is 5.32. The van der Waals surface area contributed by atoms with Crippen molar-refractivity contribution in [3.63, 3.8) is 0 Å². The molecule has 4 aliphatic rings. The highest BCUT2D eigenvalue weighted by molar-refractivity contribution is 5.77. The average molecular weight is 249 g/mol. The van der Waals surface area contributed by atoms with E-state index >= 15 is 0 Å². The van der Waals surface area contributed by atoms with Gasteiger partial charge in [-0.2, -0.15) is 0 Å². The van der Waals surface area contributed by atoms with Gasteiger partial charge < -0.3 is 9.80 Å². The monoisotopic (exact) mass is 249 g/mol. The minimum absolute atomic E-state index is 0.459. The summed E-state index contributed by atoms with van der Waals surface area (Å²) >= 11 is 0. The summed E-state index contributed by atoms with van der Waals surface area (Å²) in [5, 5.41) is 0. The van der Waals surface area contributed by atoms with Crippen LogP contribution < -0.4 is 4.90 Å².